The summed E-state index contributed by atoms with van der Waals surface area (Å²) in [6.45, 7) is 0.613. The van der Waals surface area contributed by atoms with Crippen molar-refractivity contribution in [3.05, 3.63) is 53.9 Å². The first-order chi connectivity index (χ1) is 10.3. The molecule has 0 saturated carbocycles. The Kier molecular flexibility index (Phi) is 5.29. The van der Waals surface area contributed by atoms with E-state index in [9.17, 15) is 4.79 Å². The van der Waals surface area contributed by atoms with Crippen molar-refractivity contribution in [2.45, 2.75) is 6.42 Å². The van der Waals surface area contributed by atoms with Crippen LogP contribution >= 0.6 is 0 Å². The summed E-state index contributed by atoms with van der Waals surface area (Å²) in [5, 5.41) is 5.93. The lowest BCUT2D eigenvalue weighted by atomic mass is 10.1. The van der Waals surface area contributed by atoms with Gasteiger partial charge in [-0.3, -0.25) is 9.78 Å². The third-order valence-electron chi connectivity index (χ3n) is 3.18. The topological polar surface area (TPSA) is 63.2 Å². The molecule has 0 fully saturated rings. The van der Waals surface area contributed by atoms with Gasteiger partial charge in [-0.1, -0.05) is 18.2 Å². The van der Waals surface area contributed by atoms with Gasteiger partial charge in [0.15, 0.2) is 0 Å². The fraction of sp³-hybridized carbons (Fsp3) is 0.250. The number of rotatable bonds is 6. The van der Waals surface area contributed by atoms with Crippen molar-refractivity contribution in [1.29, 1.82) is 0 Å². The minimum atomic E-state index is -0.183. The Morgan fingerprint density at radius 1 is 1.24 bits per heavy atom. The number of carbonyl (C=O) groups excluding carboxylic acids is 1. The minimum absolute atomic E-state index is 0.183. The van der Waals surface area contributed by atoms with E-state index in [1.165, 1.54) is 0 Å². The van der Waals surface area contributed by atoms with Gasteiger partial charge in [0.25, 0.3) is 5.91 Å². The van der Waals surface area contributed by atoms with E-state index in [0.717, 1.165) is 23.4 Å². The van der Waals surface area contributed by atoms with E-state index in [1.807, 2.05) is 24.3 Å². The highest BCUT2D eigenvalue weighted by Crippen LogP contribution is 2.19. The number of pyridine rings is 1. The molecule has 5 nitrogen and oxygen atoms in total. The summed E-state index contributed by atoms with van der Waals surface area (Å²) in [5.74, 6) is -0.183. The van der Waals surface area contributed by atoms with Crippen LogP contribution in [0.15, 0.2) is 42.7 Å². The second-order valence-electron chi connectivity index (χ2n) is 4.53. The van der Waals surface area contributed by atoms with Gasteiger partial charge in [-0.25, -0.2) is 0 Å². The molecule has 2 rings (SSSR count). The smallest absolute Gasteiger partial charge is 0.259 e. The molecule has 0 unspecified atom stereocenters. The van der Waals surface area contributed by atoms with Gasteiger partial charge in [0.1, 0.15) is 0 Å². The Balaban J connectivity index is 2.19. The Morgan fingerprint density at radius 2 is 2.05 bits per heavy atom. The number of anilines is 2. The van der Waals surface area contributed by atoms with Crippen LogP contribution in [0.1, 0.15) is 15.9 Å². The van der Waals surface area contributed by atoms with Gasteiger partial charge in [0, 0.05) is 37.9 Å². The summed E-state index contributed by atoms with van der Waals surface area (Å²) in [5.41, 5.74) is 3.10. The standard InChI is InChI=1S/C16H19N3O2/c1-17-15-7-9-18-11-13(15)16(20)19-14-6-4-3-5-12(14)8-10-21-2/h3-7,9,11H,8,10H2,1-2H3,(H,17,18)(H,19,20). The van der Waals surface area contributed by atoms with E-state index in [0.29, 0.717) is 12.2 Å². The maximum Gasteiger partial charge on any atom is 0.259 e. The molecule has 0 spiro atoms. The summed E-state index contributed by atoms with van der Waals surface area (Å²) in [6.07, 6.45) is 3.95. The Morgan fingerprint density at radius 3 is 2.81 bits per heavy atom. The number of nitrogens with zero attached hydrogens (tertiary/aromatic N) is 1. The third-order valence-corrected chi connectivity index (χ3v) is 3.18. The highest BCUT2D eigenvalue weighted by atomic mass is 16.5. The fourth-order valence-corrected chi connectivity index (χ4v) is 2.06. The molecule has 5 heteroatoms. The number of para-hydroxylation sites is 1. The minimum Gasteiger partial charge on any atom is -0.387 e. The van der Waals surface area contributed by atoms with E-state index in [1.54, 1.807) is 32.6 Å². The number of ether oxygens (including phenoxy) is 1. The lowest BCUT2D eigenvalue weighted by Gasteiger charge is -2.12. The number of hydrogen-bond donors (Lipinski definition) is 2. The van der Waals surface area contributed by atoms with E-state index < -0.39 is 0 Å². The normalized spacial score (nSPS) is 10.2. The predicted molar refractivity (Wildman–Crippen MR) is 83.8 cm³/mol. The SMILES string of the molecule is CNc1ccncc1C(=O)Nc1ccccc1CCOC. The molecule has 0 radical (unpaired) electrons. The van der Waals surface area contributed by atoms with Crippen LogP contribution in [0.5, 0.6) is 0 Å². The number of hydrogen-bond acceptors (Lipinski definition) is 4. The van der Waals surface area contributed by atoms with Gasteiger partial charge in [-0.2, -0.15) is 0 Å². The maximum absolute atomic E-state index is 12.4. The molecule has 0 aliphatic carbocycles. The zero-order chi connectivity index (χ0) is 15.1. The van der Waals surface area contributed by atoms with Crippen LogP contribution in [-0.2, 0) is 11.2 Å². The second kappa shape index (κ2) is 7.40. The Bertz CT molecular complexity index is 614. The first-order valence-electron chi connectivity index (χ1n) is 6.76. The largest absolute Gasteiger partial charge is 0.387 e. The van der Waals surface area contributed by atoms with Crippen LogP contribution in [0.25, 0.3) is 0 Å². The van der Waals surface area contributed by atoms with Crippen LogP contribution in [0, 0.1) is 0 Å². The predicted octanol–water partition coefficient (Wildman–Crippen LogP) is 2.56. The van der Waals surface area contributed by atoms with Crippen molar-refractivity contribution in [2.75, 3.05) is 31.4 Å². The molecule has 0 atom stereocenters. The van der Waals surface area contributed by atoms with Crippen LogP contribution < -0.4 is 10.6 Å². The van der Waals surface area contributed by atoms with Gasteiger partial charge in [0.2, 0.25) is 0 Å². The molecule has 1 aromatic heterocycles. The molecular weight excluding hydrogens is 266 g/mol. The zero-order valence-electron chi connectivity index (χ0n) is 12.2. The molecule has 21 heavy (non-hydrogen) atoms. The summed E-state index contributed by atoms with van der Waals surface area (Å²) in [6, 6.07) is 9.48. The van der Waals surface area contributed by atoms with Crippen LogP contribution in [0.2, 0.25) is 0 Å². The van der Waals surface area contributed by atoms with E-state index >= 15 is 0 Å². The number of carbonyl (C=O) groups is 1. The number of amides is 1. The summed E-state index contributed by atoms with van der Waals surface area (Å²) in [7, 11) is 3.44. The first kappa shape index (κ1) is 15.0. The summed E-state index contributed by atoms with van der Waals surface area (Å²) >= 11 is 0. The average Bonchev–Trinajstić information content (AvgIpc) is 2.54. The number of benzene rings is 1. The Hall–Kier alpha value is -2.40. The molecule has 1 aromatic carbocycles. The van der Waals surface area contributed by atoms with Crippen molar-refractivity contribution >= 4 is 17.3 Å². The Labute approximate surface area is 124 Å². The van der Waals surface area contributed by atoms with Gasteiger partial charge in [-0.05, 0) is 24.1 Å². The zero-order valence-corrected chi connectivity index (χ0v) is 12.2. The molecule has 1 amide bonds. The van der Waals surface area contributed by atoms with Crippen molar-refractivity contribution in [1.82, 2.24) is 4.98 Å². The van der Waals surface area contributed by atoms with Crippen molar-refractivity contribution in [2.24, 2.45) is 0 Å². The van der Waals surface area contributed by atoms with Gasteiger partial charge < -0.3 is 15.4 Å². The monoisotopic (exact) mass is 285 g/mol. The lowest BCUT2D eigenvalue weighted by Crippen LogP contribution is -2.15. The first-order valence-corrected chi connectivity index (χ1v) is 6.76. The van der Waals surface area contributed by atoms with Gasteiger partial charge in [0.05, 0.1) is 12.2 Å². The number of methoxy groups -OCH3 is 1. The maximum atomic E-state index is 12.4. The average molecular weight is 285 g/mol. The van der Waals surface area contributed by atoms with E-state index in [-0.39, 0.29) is 5.91 Å². The second-order valence-corrected chi connectivity index (χ2v) is 4.53. The van der Waals surface area contributed by atoms with E-state index in [2.05, 4.69) is 15.6 Å². The number of nitrogens with one attached hydrogen (secondary N) is 2. The molecule has 0 bridgehead atoms. The van der Waals surface area contributed by atoms with Crippen LogP contribution in [0.3, 0.4) is 0 Å². The third kappa shape index (κ3) is 3.79. The van der Waals surface area contributed by atoms with Crippen molar-refractivity contribution in [3.8, 4) is 0 Å². The molecule has 0 aliphatic rings. The highest BCUT2D eigenvalue weighted by molar-refractivity contribution is 6.08. The number of aromatic nitrogens is 1. The molecule has 1 heterocycles. The molecule has 0 saturated heterocycles. The molecular formula is C16H19N3O2. The van der Waals surface area contributed by atoms with Crippen LogP contribution in [-0.4, -0.2) is 31.7 Å². The van der Waals surface area contributed by atoms with E-state index in [4.69, 9.17) is 4.74 Å². The fourth-order valence-electron chi connectivity index (χ4n) is 2.06. The summed E-state index contributed by atoms with van der Waals surface area (Å²) in [4.78, 5) is 16.4. The summed E-state index contributed by atoms with van der Waals surface area (Å²) < 4.78 is 5.09. The van der Waals surface area contributed by atoms with Crippen LogP contribution in [0.4, 0.5) is 11.4 Å². The lowest BCUT2D eigenvalue weighted by molar-refractivity contribution is 0.102. The molecule has 2 aromatic rings. The molecule has 0 aliphatic heterocycles. The van der Waals surface area contributed by atoms with Gasteiger partial charge in [-0.15, -0.1) is 0 Å². The van der Waals surface area contributed by atoms with Crippen molar-refractivity contribution in [3.63, 3.8) is 0 Å². The molecule has 2 N–H and O–H groups in total. The van der Waals surface area contributed by atoms with Gasteiger partial charge >= 0.3 is 0 Å². The van der Waals surface area contributed by atoms with Crippen molar-refractivity contribution < 1.29 is 9.53 Å². The molecule has 110 valence electrons. The quantitative estimate of drug-likeness (QED) is 0.856. The highest BCUT2D eigenvalue weighted by Gasteiger charge is 2.12.